The van der Waals surface area contributed by atoms with Gasteiger partial charge in [-0.1, -0.05) is 16.8 Å². The molecule has 0 unspecified atom stereocenters. The fourth-order valence-electron chi connectivity index (χ4n) is 2.70. The maximum absolute atomic E-state index is 12.1. The van der Waals surface area contributed by atoms with Gasteiger partial charge >= 0.3 is 0 Å². The van der Waals surface area contributed by atoms with Gasteiger partial charge in [0.15, 0.2) is 5.15 Å². The first-order valence-electron chi connectivity index (χ1n) is 7.58. The van der Waals surface area contributed by atoms with Crippen LogP contribution in [0.2, 0.25) is 5.15 Å². The van der Waals surface area contributed by atoms with E-state index in [-0.39, 0.29) is 17.9 Å². The Morgan fingerprint density at radius 1 is 1.35 bits per heavy atom. The molecule has 23 heavy (non-hydrogen) atoms. The highest BCUT2D eigenvalue weighted by atomic mass is 35.5. The van der Waals surface area contributed by atoms with Gasteiger partial charge in [-0.25, -0.2) is 0 Å². The summed E-state index contributed by atoms with van der Waals surface area (Å²) in [5.74, 6) is 0.870. The lowest BCUT2D eigenvalue weighted by molar-refractivity contribution is -0.122. The van der Waals surface area contributed by atoms with Gasteiger partial charge in [-0.3, -0.25) is 9.78 Å². The number of ether oxygens (including phenoxy) is 1. The van der Waals surface area contributed by atoms with Gasteiger partial charge < -0.3 is 14.6 Å². The van der Waals surface area contributed by atoms with Gasteiger partial charge in [0.25, 0.3) is 0 Å². The Labute approximate surface area is 139 Å². The Morgan fingerprint density at radius 3 is 2.91 bits per heavy atom. The van der Waals surface area contributed by atoms with E-state index in [1.807, 2.05) is 12.1 Å². The molecule has 1 saturated heterocycles. The van der Waals surface area contributed by atoms with Crippen molar-refractivity contribution in [1.29, 1.82) is 0 Å². The van der Waals surface area contributed by atoms with Gasteiger partial charge in [0.05, 0.1) is 19.3 Å². The lowest BCUT2D eigenvalue weighted by Crippen LogP contribution is -2.40. The molecule has 0 radical (unpaired) electrons. The molecule has 1 amide bonds. The molecule has 1 N–H and O–H groups in total. The minimum atomic E-state index is -0.0206. The molecular weight excluding hydrogens is 318 g/mol. The lowest BCUT2D eigenvalue weighted by atomic mass is 9.95. The number of hydrogen-bond acceptors (Lipinski definition) is 5. The van der Waals surface area contributed by atoms with Crippen LogP contribution in [0.5, 0.6) is 0 Å². The van der Waals surface area contributed by atoms with E-state index >= 15 is 0 Å². The topological polar surface area (TPSA) is 77.2 Å². The minimum Gasteiger partial charge on any atom is -0.379 e. The third-order valence-electron chi connectivity index (χ3n) is 3.92. The zero-order chi connectivity index (χ0) is 16.1. The first-order valence-corrected chi connectivity index (χ1v) is 7.95. The molecule has 1 aliphatic rings. The van der Waals surface area contributed by atoms with Gasteiger partial charge in [0.2, 0.25) is 5.91 Å². The van der Waals surface area contributed by atoms with Crippen molar-refractivity contribution in [3.05, 3.63) is 47.1 Å². The van der Waals surface area contributed by atoms with E-state index in [0.717, 1.165) is 6.42 Å². The number of halogens is 1. The smallest absolute Gasteiger partial charge is 0.220 e. The van der Waals surface area contributed by atoms with Crippen molar-refractivity contribution >= 4 is 17.5 Å². The largest absolute Gasteiger partial charge is 0.379 e. The minimum absolute atomic E-state index is 0.0206. The quantitative estimate of drug-likeness (QED) is 0.874. The van der Waals surface area contributed by atoms with E-state index < -0.39 is 0 Å². The Bertz CT molecular complexity index is 647. The van der Waals surface area contributed by atoms with E-state index in [1.165, 1.54) is 5.56 Å². The zero-order valence-corrected chi connectivity index (χ0v) is 13.3. The van der Waals surface area contributed by atoms with Crippen LogP contribution in [-0.4, -0.2) is 35.3 Å². The third-order valence-corrected chi connectivity index (χ3v) is 4.10. The number of carbonyl (C=O) groups excluding carboxylic acids is 1. The predicted octanol–water partition coefficient (Wildman–Crippen LogP) is 2.03. The summed E-state index contributed by atoms with van der Waals surface area (Å²) < 4.78 is 10.5. The molecule has 2 atom stereocenters. The highest BCUT2D eigenvalue weighted by Crippen LogP contribution is 2.19. The number of pyridine rings is 1. The summed E-state index contributed by atoms with van der Waals surface area (Å²) in [7, 11) is 0. The summed E-state index contributed by atoms with van der Waals surface area (Å²) in [6, 6.07) is 5.64. The van der Waals surface area contributed by atoms with Crippen LogP contribution in [0, 0.1) is 5.92 Å². The van der Waals surface area contributed by atoms with Crippen LogP contribution in [-0.2, 0) is 22.4 Å². The molecule has 2 aromatic heterocycles. The molecule has 2 aromatic rings. The highest BCUT2D eigenvalue weighted by Gasteiger charge is 2.29. The molecular formula is C16H18ClN3O3. The molecule has 1 fully saturated rings. The van der Waals surface area contributed by atoms with Crippen molar-refractivity contribution in [2.75, 3.05) is 13.2 Å². The van der Waals surface area contributed by atoms with Gasteiger partial charge in [0, 0.05) is 37.2 Å². The van der Waals surface area contributed by atoms with Crippen LogP contribution >= 0.6 is 11.6 Å². The van der Waals surface area contributed by atoms with E-state index in [4.69, 9.17) is 20.9 Å². The van der Waals surface area contributed by atoms with Gasteiger partial charge in [-0.2, -0.15) is 0 Å². The Morgan fingerprint density at radius 2 is 2.17 bits per heavy atom. The van der Waals surface area contributed by atoms with E-state index in [2.05, 4.69) is 15.5 Å². The molecule has 7 heteroatoms. The van der Waals surface area contributed by atoms with Crippen molar-refractivity contribution in [3.63, 3.8) is 0 Å². The van der Waals surface area contributed by atoms with Crippen molar-refractivity contribution < 1.29 is 14.1 Å². The number of carbonyl (C=O) groups is 1. The standard InChI is InChI=1S/C16H18ClN3O3/c17-15-8-13(23-20-15)1-2-16(21)19-14-10-22-9-12(14)7-11-3-5-18-6-4-11/h3-6,8,12,14H,1-2,7,9-10H2,(H,19,21)/t12-,14+/m1/s1. The van der Waals surface area contributed by atoms with E-state index in [1.54, 1.807) is 18.5 Å². The molecule has 0 aromatic carbocycles. The average molecular weight is 336 g/mol. The maximum atomic E-state index is 12.1. The van der Waals surface area contributed by atoms with Crippen molar-refractivity contribution in [2.45, 2.75) is 25.3 Å². The first-order chi connectivity index (χ1) is 11.2. The van der Waals surface area contributed by atoms with Gasteiger partial charge in [-0.05, 0) is 24.1 Å². The molecule has 3 rings (SSSR count). The summed E-state index contributed by atoms with van der Waals surface area (Å²) >= 11 is 5.68. The molecule has 122 valence electrons. The zero-order valence-electron chi connectivity index (χ0n) is 12.6. The summed E-state index contributed by atoms with van der Waals surface area (Å²) in [5, 5.41) is 6.95. The van der Waals surface area contributed by atoms with Crippen LogP contribution in [0.4, 0.5) is 0 Å². The molecule has 3 heterocycles. The van der Waals surface area contributed by atoms with E-state index in [9.17, 15) is 4.79 Å². The molecule has 0 aliphatic carbocycles. The van der Waals surface area contributed by atoms with Crippen LogP contribution in [0.15, 0.2) is 35.1 Å². The molecule has 6 nitrogen and oxygen atoms in total. The Balaban J connectivity index is 1.48. The molecule has 0 spiro atoms. The normalized spacial score (nSPS) is 20.6. The number of rotatable bonds is 6. The van der Waals surface area contributed by atoms with Gasteiger partial charge in [-0.15, -0.1) is 0 Å². The predicted molar refractivity (Wildman–Crippen MR) is 84.0 cm³/mol. The molecule has 0 bridgehead atoms. The Hall–Kier alpha value is -1.92. The average Bonchev–Trinajstić information content (AvgIpc) is 3.16. The van der Waals surface area contributed by atoms with Crippen LogP contribution in [0.1, 0.15) is 17.7 Å². The maximum Gasteiger partial charge on any atom is 0.220 e. The van der Waals surface area contributed by atoms with Crippen LogP contribution < -0.4 is 5.32 Å². The fraction of sp³-hybridized carbons (Fsp3) is 0.438. The van der Waals surface area contributed by atoms with Crippen molar-refractivity contribution in [1.82, 2.24) is 15.5 Å². The summed E-state index contributed by atoms with van der Waals surface area (Å²) in [4.78, 5) is 16.1. The number of hydrogen-bond donors (Lipinski definition) is 1. The number of nitrogens with zero attached hydrogens (tertiary/aromatic N) is 2. The third kappa shape index (κ3) is 4.53. The second-order valence-electron chi connectivity index (χ2n) is 5.65. The van der Waals surface area contributed by atoms with Crippen molar-refractivity contribution in [2.24, 2.45) is 5.92 Å². The summed E-state index contributed by atoms with van der Waals surface area (Å²) in [6.07, 6.45) is 5.24. The van der Waals surface area contributed by atoms with Crippen LogP contribution in [0.25, 0.3) is 0 Å². The summed E-state index contributed by atoms with van der Waals surface area (Å²) in [5.41, 5.74) is 1.20. The monoisotopic (exact) mass is 335 g/mol. The lowest BCUT2D eigenvalue weighted by Gasteiger charge is -2.19. The second-order valence-corrected chi connectivity index (χ2v) is 6.03. The molecule has 1 aliphatic heterocycles. The second kappa shape index (κ2) is 7.57. The Kier molecular flexibility index (Phi) is 5.25. The van der Waals surface area contributed by atoms with Crippen LogP contribution in [0.3, 0.4) is 0 Å². The number of nitrogens with one attached hydrogen (secondary N) is 1. The van der Waals surface area contributed by atoms with E-state index in [0.29, 0.717) is 37.0 Å². The summed E-state index contributed by atoms with van der Waals surface area (Å²) in [6.45, 7) is 1.21. The van der Waals surface area contributed by atoms with Gasteiger partial charge in [0.1, 0.15) is 5.76 Å². The first kappa shape index (κ1) is 16.0. The number of amides is 1. The number of aryl methyl sites for hydroxylation is 1. The van der Waals surface area contributed by atoms with Crippen molar-refractivity contribution in [3.8, 4) is 0 Å². The fourth-order valence-corrected chi connectivity index (χ4v) is 2.86. The SMILES string of the molecule is O=C(CCc1cc(Cl)no1)N[C@H]1COC[C@H]1Cc1ccncc1. The number of aromatic nitrogens is 2. The highest BCUT2D eigenvalue weighted by molar-refractivity contribution is 6.29. The molecule has 0 saturated carbocycles.